The fourth-order valence-corrected chi connectivity index (χ4v) is 4.07. The Morgan fingerprint density at radius 2 is 2.04 bits per heavy atom. The van der Waals surface area contributed by atoms with Crippen molar-refractivity contribution in [3.05, 3.63) is 58.6 Å². The van der Waals surface area contributed by atoms with Crippen molar-refractivity contribution < 1.29 is 4.52 Å². The quantitative estimate of drug-likeness (QED) is 0.732. The van der Waals surface area contributed by atoms with E-state index in [0.717, 1.165) is 43.1 Å². The van der Waals surface area contributed by atoms with Gasteiger partial charge in [-0.15, -0.1) is 0 Å². The molecular formula is C21H26N4O. The predicted molar refractivity (Wildman–Crippen MR) is 102 cm³/mol. The molecular weight excluding hydrogens is 324 g/mol. The van der Waals surface area contributed by atoms with Crippen molar-refractivity contribution in [1.29, 1.82) is 0 Å². The average Bonchev–Trinajstić information content (AvgIpc) is 3.36. The first-order valence-corrected chi connectivity index (χ1v) is 9.45. The van der Waals surface area contributed by atoms with Crippen LogP contribution < -0.4 is 0 Å². The van der Waals surface area contributed by atoms with E-state index in [2.05, 4.69) is 65.3 Å². The summed E-state index contributed by atoms with van der Waals surface area (Å²) in [5, 5.41) is 11.7. The van der Waals surface area contributed by atoms with Crippen molar-refractivity contribution in [3.63, 3.8) is 0 Å². The van der Waals surface area contributed by atoms with Gasteiger partial charge in [-0.2, -0.15) is 5.10 Å². The Hall–Kier alpha value is -2.40. The van der Waals surface area contributed by atoms with E-state index in [1.165, 1.54) is 28.7 Å². The molecule has 1 aliphatic rings. The number of nitrogens with one attached hydrogen (secondary N) is 1. The minimum atomic E-state index is 0.386. The van der Waals surface area contributed by atoms with Gasteiger partial charge in [-0.1, -0.05) is 41.9 Å². The summed E-state index contributed by atoms with van der Waals surface area (Å²) in [7, 11) is 0. The van der Waals surface area contributed by atoms with Crippen LogP contribution in [0.15, 0.2) is 35.0 Å². The van der Waals surface area contributed by atoms with Crippen molar-refractivity contribution in [2.24, 2.45) is 0 Å². The standard InChI is InChI=1S/C21H26N4O/c1-4-19-20(15(3)24-26-19)18-6-5-11-25(18)13-17-12-22-23-21(17)16-9-7-14(2)8-10-16/h7-10,12,18H,4-6,11,13H2,1-3H3,(H,22,23)/t18-/m0/s1. The van der Waals surface area contributed by atoms with Gasteiger partial charge in [0.15, 0.2) is 0 Å². The highest BCUT2D eigenvalue weighted by atomic mass is 16.5. The largest absolute Gasteiger partial charge is 0.361 e. The summed E-state index contributed by atoms with van der Waals surface area (Å²) in [6.45, 7) is 8.28. The van der Waals surface area contributed by atoms with Crippen LogP contribution in [0.1, 0.15) is 54.0 Å². The van der Waals surface area contributed by atoms with Crippen molar-refractivity contribution in [3.8, 4) is 11.3 Å². The number of hydrogen-bond acceptors (Lipinski definition) is 4. The second kappa shape index (κ2) is 7.08. The Balaban J connectivity index is 1.60. The first kappa shape index (κ1) is 17.0. The van der Waals surface area contributed by atoms with Crippen molar-refractivity contribution in [1.82, 2.24) is 20.3 Å². The Bertz CT molecular complexity index is 878. The van der Waals surface area contributed by atoms with Gasteiger partial charge in [0.05, 0.1) is 17.6 Å². The van der Waals surface area contributed by atoms with Gasteiger partial charge in [0, 0.05) is 30.1 Å². The van der Waals surface area contributed by atoms with Crippen molar-refractivity contribution >= 4 is 0 Å². The van der Waals surface area contributed by atoms with Gasteiger partial charge in [-0.25, -0.2) is 0 Å². The predicted octanol–water partition coefficient (Wildman–Crippen LogP) is 4.58. The highest BCUT2D eigenvalue weighted by molar-refractivity contribution is 5.62. The van der Waals surface area contributed by atoms with Gasteiger partial charge in [0.25, 0.3) is 0 Å². The lowest BCUT2D eigenvalue weighted by molar-refractivity contribution is 0.245. The third-order valence-corrected chi connectivity index (χ3v) is 5.43. The smallest absolute Gasteiger partial charge is 0.141 e. The molecule has 0 aliphatic carbocycles. The lowest BCUT2D eigenvalue weighted by Gasteiger charge is -2.24. The molecule has 3 aromatic rings. The normalized spacial score (nSPS) is 17.9. The van der Waals surface area contributed by atoms with Crippen LogP contribution in [0.2, 0.25) is 0 Å². The third kappa shape index (κ3) is 3.07. The Kier molecular flexibility index (Phi) is 4.64. The number of aromatic amines is 1. The number of rotatable bonds is 5. The molecule has 2 aromatic heterocycles. The molecule has 1 aliphatic heterocycles. The monoisotopic (exact) mass is 350 g/mol. The minimum Gasteiger partial charge on any atom is -0.361 e. The van der Waals surface area contributed by atoms with Gasteiger partial charge in [-0.05, 0) is 38.8 Å². The SMILES string of the molecule is CCc1onc(C)c1[C@@H]1CCCN1Cc1cn[nH]c1-c1ccc(C)cc1. The lowest BCUT2D eigenvalue weighted by Crippen LogP contribution is -2.23. The molecule has 1 fully saturated rings. The third-order valence-electron chi connectivity index (χ3n) is 5.43. The zero-order chi connectivity index (χ0) is 18.1. The Morgan fingerprint density at radius 3 is 2.81 bits per heavy atom. The molecule has 1 saturated heterocycles. The highest BCUT2D eigenvalue weighted by Gasteiger charge is 2.31. The molecule has 3 heterocycles. The number of aromatic nitrogens is 3. The van der Waals surface area contributed by atoms with E-state index in [4.69, 9.17) is 4.52 Å². The fraction of sp³-hybridized carbons (Fsp3) is 0.429. The van der Waals surface area contributed by atoms with E-state index in [-0.39, 0.29) is 0 Å². The summed E-state index contributed by atoms with van der Waals surface area (Å²) in [4.78, 5) is 2.54. The summed E-state index contributed by atoms with van der Waals surface area (Å²) in [5.41, 5.74) is 7.15. The molecule has 0 bridgehead atoms. The van der Waals surface area contributed by atoms with Crippen molar-refractivity contribution in [2.75, 3.05) is 6.54 Å². The highest BCUT2D eigenvalue weighted by Crippen LogP contribution is 2.37. The van der Waals surface area contributed by atoms with E-state index in [1.54, 1.807) is 0 Å². The van der Waals surface area contributed by atoms with Gasteiger partial charge < -0.3 is 4.52 Å². The van der Waals surface area contributed by atoms with E-state index in [9.17, 15) is 0 Å². The van der Waals surface area contributed by atoms with E-state index < -0.39 is 0 Å². The summed E-state index contributed by atoms with van der Waals surface area (Å²) < 4.78 is 5.55. The maximum absolute atomic E-state index is 5.55. The van der Waals surface area contributed by atoms with Gasteiger partial charge >= 0.3 is 0 Å². The summed E-state index contributed by atoms with van der Waals surface area (Å²) >= 11 is 0. The molecule has 0 saturated carbocycles. The second-order valence-electron chi connectivity index (χ2n) is 7.22. The van der Waals surface area contributed by atoms with Gasteiger partial charge in [0.1, 0.15) is 5.76 Å². The van der Waals surface area contributed by atoms with Crippen LogP contribution in [0.25, 0.3) is 11.3 Å². The summed E-state index contributed by atoms with van der Waals surface area (Å²) in [6.07, 6.45) is 5.22. The van der Waals surface area contributed by atoms with Crippen LogP contribution in [-0.4, -0.2) is 26.8 Å². The van der Waals surface area contributed by atoms with Gasteiger partial charge in [0.2, 0.25) is 0 Å². The molecule has 1 N–H and O–H groups in total. The first-order valence-electron chi connectivity index (χ1n) is 9.45. The maximum Gasteiger partial charge on any atom is 0.141 e. The van der Waals surface area contributed by atoms with Crippen LogP contribution in [0, 0.1) is 13.8 Å². The van der Waals surface area contributed by atoms with E-state index in [1.807, 2.05) is 6.20 Å². The Labute approximate surface area is 154 Å². The van der Waals surface area contributed by atoms with E-state index in [0.29, 0.717) is 6.04 Å². The maximum atomic E-state index is 5.55. The topological polar surface area (TPSA) is 58.0 Å². The lowest BCUT2D eigenvalue weighted by atomic mass is 10.0. The second-order valence-corrected chi connectivity index (χ2v) is 7.22. The van der Waals surface area contributed by atoms with Crippen molar-refractivity contribution in [2.45, 2.75) is 52.6 Å². The molecule has 5 nitrogen and oxygen atoms in total. The zero-order valence-corrected chi connectivity index (χ0v) is 15.7. The fourth-order valence-electron chi connectivity index (χ4n) is 4.07. The van der Waals surface area contributed by atoms with Crippen LogP contribution in [-0.2, 0) is 13.0 Å². The first-order chi connectivity index (χ1) is 12.7. The summed E-state index contributed by atoms with van der Waals surface area (Å²) in [5.74, 6) is 1.03. The van der Waals surface area contributed by atoms with E-state index >= 15 is 0 Å². The van der Waals surface area contributed by atoms with Gasteiger partial charge in [-0.3, -0.25) is 10.00 Å². The molecule has 5 heteroatoms. The number of nitrogens with zero attached hydrogens (tertiary/aromatic N) is 3. The van der Waals surface area contributed by atoms with Crippen LogP contribution in [0.3, 0.4) is 0 Å². The van der Waals surface area contributed by atoms with Crippen LogP contribution >= 0.6 is 0 Å². The molecule has 1 aromatic carbocycles. The Morgan fingerprint density at radius 1 is 1.23 bits per heavy atom. The number of benzene rings is 1. The molecule has 136 valence electrons. The number of hydrogen-bond donors (Lipinski definition) is 1. The number of aryl methyl sites for hydroxylation is 3. The molecule has 26 heavy (non-hydrogen) atoms. The molecule has 0 amide bonds. The molecule has 0 unspecified atom stereocenters. The number of likely N-dealkylation sites (tertiary alicyclic amines) is 1. The number of H-pyrrole nitrogens is 1. The average molecular weight is 350 g/mol. The van der Waals surface area contributed by atoms with Crippen LogP contribution in [0.4, 0.5) is 0 Å². The molecule has 1 atom stereocenters. The molecule has 0 radical (unpaired) electrons. The molecule has 0 spiro atoms. The minimum absolute atomic E-state index is 0.386. The summed E-state index contributed by atoms with van der Waals surface area (Å²) in [6, 6.07) is 9.00. The zero-order valence-electron chi connectivity index (χ0n) is 15.7. The molecule has 4 rings (SSSR count). The van der Waals surface area contributed by atoms with Crippen LogP contribution in [0.5, 0.6) is 0 Å².